The molecule has 2 rings (SSSR count). The summed E-state index contributed by atoms with van der Waals surface area (Å²) in [7, 11) is 0. The van der Waals surface area contributed by atoms with Crippen molar-refractivity contribution in [2.75, 3.05) is 6.54 Å². The van der Waals surface area contributed by atoms with Crippen LogP contribution in [0.15, 0.2) is 24.3 Å². The lowest BCUT2D eigenvalue weighted by atomic mass is 10.0. The Labute approximate surface area is 118 Å². The van der Waals surface area contributed by atoms with Crippen LogP contribution >= 0.6 is 0 Å². The van der Waals surface area contributed by atoms with Crippen LogP contribution in [0.3, 0.4) is 0 Å². The Morgan fingerprint density at radius 2 is 2.05 bits per heavy atom. The first-order chi connectivity index (χ1) is 9.49. The summed E-state index contributed by atoms with van der Waals surface area (Å²) >= 11 is 0. The van der Waals surface area contributed by atoms with Gasteiger partial charge in [0, 0.05) is 6.04 Å². The zero-order valence-corrected chi connectivity index (χ0v) is 11.8. The van der Waals surface area contributed by atoms with Crippen molar-refractivity contribution in [3.8, 4) is 0 Å². The van der Waals surface area contributed by atoms with Crippen LogP contribution in [-0.4, -0.2) is 34.6 Å². The molecule has 108 valence electrons. The highest BCUT2D eigenvalue weighted by Gasteiger charge is 2.34. The lowest BCUT2D eigenvalue weighted by molar-refractivity contribution is -0.137. The monoisotopic (exact) mass is 276 g/mol. The third kappa shape index (κ3) is 3.50. The van der Waals surface area contributed by atoms with Gasteiger partial charge in [-0.1, -0.05) is 24.3 Å². The van der Waals surface area contributed by atoms with Crippen LogP contribution in [0.5, 0.6) is 0 Å². The highest BCUT2D eigenvalue weighted by Crippen LogP contribution is 2.27. The SMILES string of the molecule is Cc1ccccc1C(C)NC(=O)N(CC(=O)O)C1CC1. The van der Waals surface area contributed by atoms with E-state index < -0.39 is 5.97 Å². The number of nitrogens with zero attached hydrogens (tertiary/aromatic N) is 1. The largest absolute Gasteiger partial charge is 0.480 e. The number of amides is 2. The van der Waals surface area contributed by atoms with Gasteiger partial charge in [-0.15, -0.1) is 0 Å². The Balaban J connectivity index is 2.02. The summed E-state index contributed by atoms with van der Waals surface area (Å²) in [4.78, 5) is 24.5. The molecule has 1 aliphatic rings. The van der Waals surface area contributed by atoms with E-state index >= 15 is 0 Å². The van der Waals surface area contributed by atoms with Crippen molar-refractivity contribution < 1.29 is 14.7 Å². The van der Waals surface area contributed by atoms with Crippen molar-refractivity contribution in [2.24, 2.45) is 0 Å². The van der Waals surface area contributed by atoms with E-state index in [9.17, 15) is 9.59 Å². The predicted molar refractivity (Wildman–Crippen MR) is 75.5 cm³/mol. The van der Waals surface area contributed by atoms with Gasteiger partial charge in [-0.05, 0) is 37.8 Å². The number of carbonyl (C=O) groups is 2. The van der Waals surface area contributed by atoms with E-state index in [1.54, 1.807) is 0 Å². The maximum atomic E-state index is 12.2. The van der Waals surface area contributed by atoms with E-state index in [1.807, 2.05) is 38.1 Å². The number of aryl methyl sites for hydroxylation is 1. The Morgan fingerprint density at radius 3 is 2.60 bits per heavy atom. The smallest absolute Gasteiger partial charge is 0.323 e. The molecule has 0 aliphatic heterocycles. The van der Waals surface area contributed by atoms with Crippen LogP contribution in [-0.2, 0) is 4.79 Å². The maximum Gasteiger partial charge on any atom is 0.323 e. The average Bonchev–Trinajstić information content (AvgIpc) is 3.20. The number of rotatable bonds is 5. The lowest BCUT2D eigenvalue weighted by Crippen LogP contribution is -2.44. The predicted octanol–water partition coefficient (Wildman–Crippen LogP) is 2.31. The third-order valence-corrected chi connectivity index (χ3v) is 3.55. The first-order valence-corrected chi connectivity index (χ1v) is 6.83. The normalized spacial score (nSPS) is 15.5. The molecule has 20 heavy (non-hydrogen) atoms. The second-order valence-electron chi connectivity index (χ2n) is 5.28. The number of carboxylic acid groups (broad SMARTS) is 1. The molecule has 2 N–H and O–H groups in total. The van der Waals surface area contributed by atoms with Gasteiger partial charge in [0.1, 0.15) is 6.54 Å². The van der Waals surface area contributed by atoms with Crippen LogP contribution in [0.4, 0.5) is 4.79 Å². The van der Waals surface area contributed by atoms with E-state index in [2.05, 4.69) is 5.32 Å². The molecule has 0 bridgehead atoms. The van der Waals surface area contributed by atoms with Crippen LogP contribution in [0.1, 0.15) is 36.9 Å². The summed E-state index contributed by atoms with van der Waals surface area (Å²) in [6.45, 7) is 3.66. The summed E-state index contributed by atoms with van der Waals surface area (Å²) in [5, 5.41) is 11.8. The molecule has 1 fully saturated rings. The standard InChI is InChI=1S/C15H20N2O3/c1-10-5-3-4-6-13(10)11(2)16-15(20)17(9-14(18)19)12-7-8-12/h3-6,11-12H,7-9H2,1-2H3,(H,16,20)(H,18,19). The molecule has 0 spiro atoms. The minimum Gasteiger partial charge on any atom is -0.480 e. The molecule has 5 nitrogen and oxygen atoms in total. The summed E-state index contributed by atoms with van der Waals surface area (Å²) in [5.74, 6) is -0.976. The zero-order chi connectivity index (χ0) is 14.7. The molecule has 1 saturated carbocycles. The number of benzene rings is 1. The van der Waals surface area contributed by atoms with E-state index in [0.29, 0.717) is 0 Å². The van der Waals surface area contributed by atoms with Crippen molar-refractivity contribution in [3.63, 3.8) is 0 Å². The van der Waals surface area contributed by atoms with E-state index in [0.717, 1.165) is 24.0 Å². The van der Waals surface area contributed by atoms with Crippen molar-refractivity contribution >= 4 is 12.0 Å². The van der Waals surface area contributed by atoms with E-state index in [1.165, 1.54) is 4.90 Å². The number of carbonyl (C=O) groups excluding carboxylic acids is 1. The number of aliphatic carboxylic acids is 1. The number of hydrogen-bond acceptors (Lipinski definition) is 2. The van der Waals surface area contributed by atoms with Gasteiger partial charge in [0.15, 0.2) is 0 Å². The molecular formula is C15H20N2O3. The molecule has 1 unspecified atom stereocenters. The second-order valence-corrected chi connectivity index (χ2v) is 5.28. The van der Waals surface area contributed by atoms with E-state index in [4.69, 9.17) is 5.11 Å². The van der Waals surface area contributed by atoms with Crippen molar-refractivity contribution in [1.29, 1.82) is 0 Å². The Hall–Kier alpha value is -2.04. The fourth-order valence-electron chi connectivity index (χ4n) is 2.32. The van der Waals surface area contributed by atoms with Crippen molar-refractivity contribution in [2.45, 2.75) is 38.8 Å². The van der Waals surface area contributed by atoms with Crippen LogP contribution < -0.4 is 5.32 Å². The van der Waals surface area contributed by atoms with Gasteiger partial charge < -0.3 is 15.3 Å². The number of urea groups is 1. The zero-order valence-electron chi connectivity index (χ0n) is 11.8. The maximum absolute atomic E-state index is 12.2. The molecule has 1 aromatic rings. The fraction of sp³-hybridized carbons (Fsp3) is 0.467. The Morgan fingerprint density at radius 1 is 1.40 bits per heavy atom. The van der Waals surface area contributed by atoms with Gasteiger partial charge in [0.05, 0.1) is 6.04 Å². The number of hydrogen-bond donors (Lipinski definition) is 2. The molecule has 2 amide bonds. The number of carboxylic acids is 1. The fourth-order valence-corrected chi connectivity index (χ4v) is 2.32. The minimum absolute atomic E-state index is 0.0789. The van der Waals surface area contributed by atoms with E-state index in [-0.39, 0.29) is 24.7 Å². The second kappa shape index (κ2) is 5.94. The molecule has 0 heterocycles. The highest BCUT2D eigenvalue weighted by atomic mass is 16.4. The Kier molecular flexibility index (Phi) is 4.27. The van der Waals surface area contributed by atoms with Crippen LogP contribution in [0.25, 0.3) is 0 Å². The third-order valence-electron chi connectivity index (χ3n) is 3.55. The first kappa shape index (κ1) is 14.4. The number of nitrogens with one attached hydrogen (secondary N) is 1. The average molecular weight is 276 g/mol. The molecule has 0 aromatic heterocycles. The summed E-state index contributed by atoms with van der Waals surface area (Å²) in [5.41, 5.74) is 2.16. The van der Waals surface area contributed by atoms with Crippen LogP contribution in [0, 0.1) is 6.92 Å². The summed E-state index contributed by atoms with van der Waals surface area (Å²) in [6.07, 6.45) is 1.78. The summed E-state index contributed by atoms with van der Waals surface area (Å²) < 4.78 is 0. The Bertz CT molecular complexity index is 512. The van der Waals surface area contributed by atoms with Gasteiger partial charge in [-0.2, -0.15) is 0 Å². The minimum atomic E-state index is -0.976. The van der Waals surface area contributed by atoms with Gasteiger partial charge >= 0.3 is 12.0 Å². The molecule has 0 saturated heterocycles. The lowest BCUT2D eigenvalue weighted by Gasteiger charge is -2.24. The quantitative estimate of drug-likeness (QED) is 0.867. The topological polar surface area (TPSA) is 69.6 Å². The molecule has 0 radical (unpaired) electrons. The molecular weight excluding hydrogens is 256 g/mol. The molecule has 5 heteroatoms. The highest BCUT2D eigenvalue weighted by molar-refractivity contribution is 5.81. The first-order valence-electron chi connectivity index (χ1n) is 6.83. The van der Waals surface area contributed by atoms with Gasteiger partial charge in [-0.25, -0.2) is 4.79 Å². The van der Waals surface area contributed by atoms with Crippen molar-refractivity contribution in [3.05, 3.63) is 35.4 Å². The molecule has 1 aromatic carbocycles. The van der Waals surface area contributed by atoms with Crippen molar-refractivity contribution in [1.82, 2.24) is 10.2 Å². The van der Waals surface area contributed by atoms with Gasteiger partial charge in [-0.3, -0.25) is 4.79 Å². The summed E-state index contributed by atoms with van der Waals surface area (Å²) in [6, 6.07) is 7.49. The van der Waals surface area contributed by atoms with Gasteiger partial charge in [0.25, 0.3) is 0 Å². The van der Waals surface area contributed by atoms with Gasteiger partial charge in [0.2, 0.25) is 0 Å². The van der Waals surface area contributed by atoms with Crippen LogP contribution in [0.2, 0.25) is 0 Å². The molecule has 1 aliphatic carbocycles. The molecule has 1 atom stereocenters.